The highest BCUT2D eigenvalue weighted by Gasteiger charge is 2.26. The first-order valence-electron chi connectivity index (χ1n) is 12.3. The molecular weight excluding hydrogens is 414 g/mol. The van der Waals surface area contributed by atoms with Crippen LogP contribution >= 0.6 is 0 Å². The number of fused-ring (bicyclic) bond motifs is 1. The van der Waals surface area contributed by atoms with Crippen LogP contribution in [-0.2, 0) is 0 Å². The van der Waals surface area contributed by atoms with Crippen LogP contribution in [0, 0.1) is 0 Å². The minimum atomic E-state index is 0.119. The van der Waals surface area contributed by atoms with Gasteiger partial charge in [-0.05, 0) is 43.7 Å². The van der Waals surface area contributed by atoms with Crippen LogP contribution in [0.4, 0.5) is 11.6 Å². The summed E-state index contributed by atoms with van der Waals surface area (Å²) in [5, 5.41) is 7.97. The molecule has 0 bridgehead atoms. The quantitative estimate of drug-likeness (QED) is 0.596. The summed E-state index contributed by atoms with van der Waals surface area (Å²) >= 11 is 0. The lowest BCUT2D eigenvalue weighted by Gasteiger charge is -2.34. The maximum atomic E-state index is 13.1. The summed E-state index contributed by atoms with van der Waals surface area (Å²) < 4.78 is 0. The van der Waals surface area contributed by atoms with Gasteiger partial charge in [-0.2, -0.15) is 10.1 Å². The number of nitrogens with one attached hydrogen (secondary N) is 1. The van der Waals surface area contributed by atoms with Gasteiger partial charge in [-0.1, -0.05) is 32.6 Å². The van der Waals surface area contributed by atoms with Crippen molar-refractivity contribution in [3.63, 3.8) is 0 Å². The number of hydrogen-bond acceptors (Lipinski definition) is 6. The lowest BCUT2D eigenvalue weighted by Crippen LogP contribution is -2.48. The number of H-pyrrole nitrogens is 1. The Morgan fingerprint density at radius 2 is 1.76 bits per heavy atom. The zero-order valence-electron chi connectivity index (χ0n) is 19.4. The van der Waals surface area contributed by atoms with Gasteiger partial charge in [0.25, 0.3) is 5.91 Å². The summed E-state index contributed by atoms with van der Waals surface area (Å²) in [7, 11) is 0. The fourth-order valence-electron chi connectivity index (χ4n) is 5.06. The third-order valence-corrected chi connectivity index (χ3v) is 7.08. The molecule has 1 N–H and O–H groups in total. The van der Waals surface area contributed by atoms with Crippen LogP contribution in [0.2, 0.25) is 0 Å². The number of carbonyl (C=O) groups excluding carboxylic acids is 1. The van der Waals surface area contributed by atoms with Gasteiger partial charge in [0.2, 0.25) is 5.95 Å². The molecule has 1 amide bonds. The van der Waals surface area contributed by atoms with Crippen LogP contribution in [0.3, 0.4) is 0 Å². The molecule has 0 spiro atoms. The summed E-state index contributed by atoms with van der Waals surface area (Å²) in [5.74, 6) is 0.807. The van der Waals surface area contributed by atoms with Crippen molar-refractivity contribution in [3.05, 3.63) is 42.2 Å². The Morgan fingerprint density at radius 1 is 1.03 bits per heavy atom. The second kappa shape index (κ2) is 9.87. The average Bonchev–Trinajstić information content (AvgIpc) is 3.18. The number of aromatic amines is 1. The Hall–Kier alpha value is -3.00. The lowest BCUT2D eigenvalue weighted by atomic mass is 10.1. The summed E-state index contributed by atoms with van der Waals surface area (Å²) in [6.07, 6.45) is 10.8. The maximum absolute atomic E-state index is 13.1. The molecule has 1 aliphatic carbocycles. The molecule has 1 aromatic carbocycles. The number of carbonyl (C=O) groups is 1. The maximum Gasteiger partial charge on any atom is 0.253 e. The molecule has 0 unspecified atom stereocenters. The van der Waals surface area contributed by atoms with Gasteiger partial charge in [0.15, 0.2) is 5.65 Å². The Bertz CT molecular complexity index is 1060. The first kappa shape index (κ1) is 21.8. The molecule has 8 nitrogen and oxygen atoms in total. The van der Waals surface area contributed by atoms with Crippen LogP contribution in [0.1, 0.15) is 55.8 Å². The SMILES string of the molecule is CCN1CCN(C(=O)c2ccc(N(c3ncc4cn[nH]c4n3)C3CCCCCC3)cc2)CC1. The van der Waals surface area contributed by atoms with E-state index in [-0.39, 0.29) is 5.91 Å². The number of hydrogen-bond donors (Lipinski definition) is 1. The summed E-state index contributed by atoms with van der Waals surface area (Å²) in [6.45, 7) is 6.69. The molecule has 5 rings (SSSR count). The number of likely N-dealkylation sites (N-methyl/N-ethyl adjacent to an activating group) is 1. The van der Waals surface area contributed by atoms with E-state index >= 15 is 0 Å². The minimum Gasteiger partial charge on any atom is -0.336 e. The van der Waals surface area contributed by atoms with Gasteiger partial charge < -0.3 is 14.7 Å². The normalized spacial score (nSPS) is 18.4. The Balaban J connectivity index is 1.40. The number of amides is 1. The molecule has 3 aromatic rings. The predicted octanol–water partition coefficient (Wildman–Crippen LogP) is 3.99. The lowest BCUT2D eigenvalue weighted by molar-refractivity contribution is 0.0643. The molecule has 2 aromatic heterocycles. The van der Waals surface area contributed by atoms with E-state index in [1.54, 1.807) is 6.20 Å². The summed E-state index contributed by atoms with van der Waals surface area (Å²) in [5.41, 5.74) is 2.53. The molecule has 0 radical (unpaired) electrons. The van der Waals surface area contributed by atoms with Gasteiger partial charge in [0, 0.05) is 49.7 Å². The van der Waals surface area contributed by atoms with Gasteiger partial charge in [-0.3, -0.25) is 9.89 Å². The molecule has 1 aliphatic heterocycles. The van der Waals surface area contributed by atoms with Crippen molar-refractivity contribution in [2.75, 3.05) is 37.6 Å². The van der Waals surface area contributed by atoms with Crippen LogP contribution in [0.5, 0.6) is 0 Å². The molecule has 3 heterocycles. The van der Waals surface area contributed by atoms with Crippen molar-refractivity contribution in [1.82, 2.24) is 30.0 Å². The highest BCUT2D eigenvalue weighted by atomic mass is 16.2. The number of nitrogens with zero attached hydrogens (tertiary/aromatic N) is 6. The van der Waals surface area contributed by atoms with E-state index in [0.29, 0.717) is 12.0 Å². The van der Waals surface area contributed by atoms with Crippen molar-refractivity contribution in [3.8, 4) is 0 Å². The molecule has 1 saturated carbocycles. The standard InChI is InChI=1S/C25H33N7O/c1-2-30-13-15-31(16-14-30)24(33)19-9-11-22(12-10-19)32(21-7-5-3-4-6-8-21)25-26-17-20-18-27-29-23(20)28-25/h9-12,17-18,21H,2-8,13-16H2,1H3,(H,26,27,28,29). The van der Waals surface area contributed by atoms with Gasteiger partial charge in [-0.25, -0.2) is 4.98 Å². The van der Waals surface area contributed by atoms with Crippen LogP contribution in [-0.4, -0.2) is 74.6 Å². The van der Waals surface area contributed by atoms with Crippen LogP contribution < -0.4 is 4.90 Å². The van der Waals surface area contributed by atoms with E-state index in [2.05, 4.69) is 44.0 Å². The van der Waals surface area contributed by atoms with E-state index in [1.165, 1.54) is 25.7 Å². The largest absolute Gasteiger partial charge is 0.336 e. The second-order valence-corrected chi connectivity index (χ2v) is 9.13. The fourth-order valence-corrected chi connectivity index (χ4v) is 5.06. The molecule has 33 heavy (non-hydrogen) atoms. The third kappa shape index (κ3) is 4.71. The average molecular weight is 448 g/mol. The first-order valence-corrected chi connectivity index (χ1v) is 12.3. The molecular formula is C25H33N7O. The Morgan fingerprint density at radius 3 is 2.45 bits per heavy atom. The molecule has 2 aliphatic rings. The van der Waals surface area contributed by atoms with Crippen molar-refractivity contribution in [1.29, 1.82) is 0 Å². The monoisotopic (exact) mass is 447 g/mol. The first-order chi connectivity index (χ1) is 16.2. The van der Waals surface area contributed by atoms with Crippen molar-refractivity contribution < 1.29 is 4.79 Å². The molecule has 8 heteroatoms. The van der Waals surface area contributed by atoms with Gasteiger partial charge in [0.1, 0.15) is 0 Å². The molecule has 174 valence electrons. The van der Waals surface area contributed by atoms with E-state index < -0.39 is 0 Å². The van der Waals surface area contributed by atoms with E-state index in [1.807, 2.05) is 23.2 Å². The zero-order valence-corrected chi connectivity index (χ0v) is 19.4. The molecule has 0 atom stereocenters. The summed E-state index contributed by atoms with van der Waals surface area (Å²) in [4.78, 5) is 29.1. The van der Waals surface area contributed by atoms with Gasteiger partial charge in [0.05, 0.1) is 11.6 Å². The number of aromatic nitrogens is 4. The van der Waals surface area contributed by atoms with Crippen molar-refractivity contribution in [2.45, 2.75) is 51.5 Å². The number of benzene rings is 1. The Labute approximate surface area is 195 Å². The molecule has 2 fully saturated rings. The zero-order chi connectivity index (χ0) is 22.6. The van der Waals surface area contributed by atoms with Crippen LogP contribution in [0.15, 0.2) is 36.7 Å². The number of piperazine rings is 1. The van der Waals surface area contributed by atoms with Crippen LogP contribution in [0.25, 0.3) is 11.0 Å². The fraction of sp³-hybridized carbons (Fsp3) is 0.520. The predicted molar refractivity (Wildman–Crippen MR) is 130 cm³/mol. The van der Waals surface area contributed by atoms with E-state index in [4.69, 9.17) is 4.98 Å². The highest BCUT2D eigenvalue weighted by Crippen LogP contribution is 2.32. The number of rotatable bonds is 5. The third-order valence-electron chi connectivity index (χ3n) is 7.08. The summed E-state index contributed by atoms with van der Waals surface area (Å²) in [6, 6.07) is 8.38. The van der Waals surface area contributed by atoms with E-state index in [9.17, 15) is 4.79 Å². The highest BCUT2D eigenvalue weighted by molar-refractivity contribution is 5.94. The van der Waals surface area contributed by atoms with Gasteiger partial charge in [-0.15, -0.1) is 0 Å². The smallest absolute Gasteiger partial charge is 0.253 e. The van der Waals surface area contributed by atoms with E-state index in [0.717, 1.165) is 67.8 Å². The van der Waals surface area contributed by atoms with Crippen molar-refractivity contribution >= 4 is 28.6 Å². The second-order valence-electron chi connectivity index (χ2n) is 9.13. The molecule has 1 saturated heterocycles. The number of anilines is 2. The Kier molecular flexibility index (Phi) is 6.53. The van der Waals surface area contributed by atoms with Crippen molar-refractivity contribution in [2.24, 2.45) is 0 Å². The topological polar surface area (TPSA) is 81.2 Å². The van der Waals surface area contributed by atoms with Gasteiger partial charge >= 0.3 is 0 Å². The minimum absolute atomic E-state index is 0.119.